The second kappa shape index (κ2) is 5.58. The van der Waals surface area contributed by atoms with Crippen molar-refractivity contribution in [1.82, 2.24) is 0 Å². The van der Waals surface area contributed by atoms with E-state index in [4.69, 9.17) is 5.73 Å². The molecule has 0 spiro atoms. The van der Waals surface area contributed by atoms with Crippen LogP contribution >= 0.6 is 0 Å². The molecule has 0 radical (unpaired) electrons. The maximum atomic E-state index is 12.1. The van der Waals surface area contributed by atoms with Crippen LogP contribution in [0, 0.1) is 5.92 Å². The molecular formula is C18H27N3O. The van der Waals surface area contributed by atoms with Crippen LogP contribution < -0.4 is 15.5 Å². The van der Waals surface area contributed by atoms with Gasteiger partial charge in [-0.05, 0) is 56.4 Å². The molecule has 2 N–H and O–H groups in total. The third kappa shape index (κ3) is 2.30. The SMILES string of the molecule is CC(=O)N1c2ccc(N3CCCC3C)cc2C(N)C(C)C1C. The van der Waals surface area contributed by atoms with E-state index in [2.05, 4.69) is 43.9 Å². The standard InChI is InChI=1S/C18H27N3O/c1-11-6-5-9-20(11)15-7-8-17-16(10-15)18(19)12(2)13(3)21(17)14(4)22/h7-8,10-13,18H,5-6,9,19H2,1-4H3. The average molecular weight is 301 g/mol. The first-order valence-corrected chi connectivity index (χ1v) is 8.37. The summed E-state index contributed by atoms with van der Waals surface area (Å²) in [6.45, 7) is 9.25. The first-order valence-electron chi connectivity index (χ1n) is 8.37. The number of rotatable bonds is 1. The highest BCUT2D eigenvalue weighted by atomic mass is 16.2. The van der Waals surface area contributed by atoms with Gasteiger partial charge in [0.05, 0.1) is 0 Å². The molecule has 0 saturated carbocycles. The van der Waals surface area contributed by atoms with Crippen molar-refractivity contribution in [2.45, 2.75) is 58.7 Å². The van der Waals surface area contributed by atoms with Crippen LogP contribution in [0.15, 0.2) is 18.2 Å². The Bertz CT molecular complexity index is 586. The van der Waals surface area contributed by atoms with Gasteiger partial charge in [0.2, 0.25) is 5.91 Å². The summed E-state index contributed by atoms with van der Waals surface area (Å²) in [6, 6.07) is 7.14. The molecule has 0 aromatic heterocycles. The summed E-state index contributed by atoms with van der Waals surface area (Å²) in [6.07, 6.45) is 2.49. The molecule has 4 nitrogen and oxygen atoms in total. The number of amides is 1. The molecule has 1 amide bonds. The van der Waals surface area contributed by atoms with Gasteiger partial charge in [0.1, 0.15) is 0 Å². The van der Waals surface area contributed by atoms with Crippen molar-refractivity contribution in [3.8, 4) is 0 Å². The Morgan fingerprint density at radius 2 is 2.00 bits per heavy atom. The lowest BCUT2D eigenvalue weighted by Crippen LogP contribution is -2.48. The number of carbonyl (C=O) groups is 1. The van der Waals surface area contributed by atoms with Crippen molar-refractivity contribution in [2.24, 2.45) is 11.7 Å². The number of hydrogen-bond donors (Lipinski definition) is 1. The van der Waals surface area contributed by atoms with Crippen LogP contribution in [0.25, 0.3) is 0 Å². The van der Waals surface area contributed by atoms with Crippen molar-refractivity contribution < 1.29 is 4.79 Å². The Morgan fingerprint density at radius 1 is 1.27 bits per heavy atom. The van der Waals surface area contributed by atoms with Crippen LogP contribution in [0.5, 0.6) is 0 Å². The Kier molecular flexibility index (Phi) is 3.89. The number of hydrogen-bond acceptors (Lipinski definition) is 3. The van der Waals surface area contributed by atoms with E-state index in [1.807, 2.05) is 4.90 Å². The van der Waals surface area contributed by atoms with Crippen molar-refractivity contribution in [2.75, 3.05) is 16.3 Å². The molecule has 4 heteroatoms. The van der Waals surface area contributed by atoms with Gasteiger partial charge >= 0.3 is 0 Å². The molecule has 1 aromatic rings. The summed E-state index contributed by atoms with van der Waals surface area (Å²) in [5.74, 6) is 0.345. The predicted molar refractivity (Wildman–Crippen MR) is 91.2 cm³/mol. The zero-order valence-corrected chi connectivity index (χ0v) is 14.0. The summed E-state index contributed by atoms with van der Waals surface area (Å²) in [5, 5.41) is 0. The van der Waals surface area contributed by atoms with Crippen LogP contribution in [-0.2, 0) is 4.79 Å². The van der Waals surface area contributed by atoms with Crippen molar-refractivity contribution in [3.63, 3.8) is 0 Å². The van der Waals surface area contributed by atoms with Crippen LogP contribution in [0.3, 0.4) is 0 Å². The fourth-order valence-corrected chi connectivity index (χ4v) is 4.02. The Hall–Kier alpha value is -1.55. The van der Waals surface area contributed by atoms with Crippen molar-refractivity contribution in [3.05, 3.63) is 23.8 Å². The van der Waals surface area contributed by atoms with E-state index in [1.165, 1.54) is 18.5 Å². The molecule has 120 valence electrons. The smallest absolute Gasteiger partial charge is 0.224 e. The second-order valence-corrected chi connectivity index (χ2v) is 6.94. The van der Waals surface area contributed by atoms with E-state index < -0.39 is 0 Å². The summed E-state index contributed by atoms with van der Waals surface area (Å²) >= 11 is 0. The maximum Gasteiger partial charge on any atom is 0.224 e. The largest absolute Gasteiger partial charge is 0.369 e. The van der Waals surface area contributed by atoms with Gasteiger partial charge < -0.3 is 15.5 Å². The zero-order valence-electron chi connectivity index (χ0n) is 14.0. The fourth-order valence-electron chi connectivity index (χ4n) is 4.02. The van der Waals surface area contributed by atoms with Gasteiger partial charge in [-0.2, -0.15) is 0 Å². The highest BCUT2D eigenvalue weighted by Crippen LogP contribution is 2.41. The molecule has 4 unspecified atom stereocenters. The summed E-state index contributed by atoms with van der Waals surface area (Å²) in [5.41, 5.74) is 9.82. The molecule has 22 heavy (non-hydrogen) atoms. The summed E-state index contributed by atoms with van der Waals surface area (Å²) < 4.78 is 0. The minimum Gasteiger partial charge on any atom is -0.369 e. The molecule has 0 bridgehead atoms. The van der Waals surface area contributed by atoms with E-state index in [0.29, 0.717) is 6.04 Å². The van der Waals surface area contributed by atoms with Gasteiger partial charge in [0.25, 0.3) is 0 Å². The van der Waals surface area contributed by atoms with Gasteiger partial charge in [-0.15, -0.1) is 0 Å². The summed E-state index contributed by atoms with van der Waals surface area (Å²) in [4.78, 5) is 16.4. The van der Waals surface area contributed by atoms with Gasteiger partial charge in [-0.3, -0.25) is 4.79 Å². The molecule has 2 aliphatic rings. The molecule has 2 aliphatic heterocycles. The normalized spacial score (nSPS) is 31.3. The summed E-state index contributed by atoms with van der Waals surface area (Å²) in [7, 11) is 0. The number of anilines is 2. The fraction of sp³-hybridized carbons (Fsp3) is 0.611. The molecule has 0 aliphatic carbocycles. The van der Waals surface area contributed by atoms with E-state index >= 15 is 0 Å². The van der Waals surface area contributed by atoms with E-state index in [9.17, 15) is 4.79 Å². The lowest BCUT2D eigenvalue weighted by atomic mass is 9.83. The average Bonchev–Trinajstić information content (AvgIpc) is 2.91. The van der Waals surface area contributed by atoms with Crippen LogP contribution in [-0.4, -0.2) is 24.5 Å². The van der Waals surface area contributed by atoms with E-state index in [-0.39, 0.29) is 23.9 Å². The van der Waals surface area contributed by atoms with Crippen molar-refractivity contribution >= 4 is 17.3 Å². The van der Waals surface area contributed by atoms with E-state index in [0.717, 1.165) is 17.8 Å². The molecule has 4 atom stereocenters. The Balaban J connectivity index is 2.05. The molecule has 1 aromatic carbocycles. The molecule has 1 fully saturated rings. The third-order valence-electron chi connectivity index (χ3n) is 5.59. The first-order chi connectivity index (χ1) is 10.4. The minimum absolute atomic E-state index is 0.0153. The second-order valence-electron chi connectivity index (χ2n) is 6.94. The number of fused-ring (bicyclic) bond motifs is 1. The zero-order chi connectivity index (χ0) is 16.0. The highest BCUT2D eigenvalue weighted by Gasteiger charge is 2.36. The van der Waals surface area contributed by atoms with E-state index in [1.54, 1.807) is 6.92 Å². The third-order valence-corrected chi connectivity index (χ3v) is 5.59. The molecule has 3 rings (SSSR count). The van der Waals surface area contributed by atoms with Crippen molar-refractivity contribution in [1.29, 1.82) is 0 Å². The molecular weight excluding hydrogens is 274 g/mol. The number of benzene rings is 1. The van der Waals surface area contributed by atoms with Gasteiger partial charge in [0, 0.05) is 43.0 Å². The van der Waals surface area contributed by atoms with Crippen LogP contribution in [0.4, 0.5) is 11.4 Å². The van der Waals surface area contributed by atoms with Gasteiger partial charge in [-0.25, -0.2) is 0 Å². The lowest BCUT2D eigenvalue weighted by molar-refractivity contribution is -0.117. The predicted octanol–water partition coefficient (Wildman–Crippen LogP) is 3.07. The van der Waals surface area contributed by atoms with Gasteiger partial charge in [-0.1, -0.05) is 6.92 Å². The Morgan fingerprint density at radius 3 is 2.59 bits per heavy atom. The lowest BCUT2D eigenvalue weighted by Gasteiger charge is -2.42. The topological polar surface area (TPSA) is 49.6 Å². The highest BCUT2D eigenvalue weighted by molar-refractivity contribution is 5.94. The number of nitrogens with two attached hydrogens (primary N) is 1. The number of carbonyl (C=O) groups excluding carboxylic acids is 1. The quantitative estimate of drug-likeness (QED) is 0.867. The minimum atomic E-state index is -0.0153. The molecule has 1 saturated heterocycles. The maximum absolute atomic E-state index is 12.1. The first kappa shape index (κ1) is 15.3. The van der Waals surface area contributed by atoms with Crippen LogP contribution in [0.1, 0.15) is 52.1 Å². The van der Waals surface area contributed by atoms with Crippen LogP contribution in [0.2, 0.25) is 0 Å². The molecule has 2 heterocycles. The monoisotopic (exact) mass is 301 g/mol. The number of nitrogens with zero attached hydrogens (tertiary/aromatic N) is 2. The van der Waals surface area contributed by atoms with Gasteiger partial charge in [0.15, 0.2) is 0 Å². The Labute approximate surface area is 133 Å².